The fourth-order valence-corrected chi connectivity index (χ4v) is 3.69. The van der Waals surface area contributed by atoms with Crippen LogP contribution >= 0.6 is 0 Å². The molecule has 0 heterocycles. The van der Waals surface area contributed by atoms with Gasteiger partial charge in [0.05, 0.1) is 5.41 Å². The molecule has 2 aliphatic rings. The Bertz CT molecular complexity index is 548. The first-order valence-electron chi connectivity index (χ1n) is 7.33. The highest BCUT2D eigenvalue weighted by atomic mass is 16.5. The molecule has 0 aliphatic heterocycles. The van der Waals surface area contributed by atoms with Crippen LogP contribution in [0.2, 0.25) is 0 Å². The molecule has 21 heavy (non-hydrogen) atoms. The quantitative estimate of drug-likeness (QED) is 0.890. The lowest BCUT2D eigenvalue weighted by Crippen LogP contribution is -2.45. The van der Waals surface area contributed by atoms with Gasteiger partial charge in [-0.25, -0.2) is 4.79 Å². The van der Waals surface area contributed by atoms with Crippen molar-refractivity contribution in [3.63, 3.8) is 0 Å². The van der Waals surface area contributed by atoms with Gasteiger partial charge in [0.25, 0.3) is 0 Å². The highest BCUT2D eigenvalue weighted by Gasteiger charge is 2.58. The van der Waals surface area contributed by atoms with Crippen molar-refractivity contribution in [1.29, 1.82) is 0 Å². The zero-order valence-corrected chi connectivity index (χ0v) is 11.9. The molecule has 2 aliphatic carbocycles. The third kappa shape index (κ3) is 2.60. The van der Waals surface area contributed by atoms with Gasteiger partial charge in [-0.3, -0.25) is 4.79 Å². The highest BCUT2D eigenvalue weighted by Crippen LogP contribution is 2.56. The van der Waals surface area contributed by atoms with Gasteiger partial charge < -0.3 is 15.8 Å². The highest BCUT2D eigenvalue weighted by molar-refractivity contribution is 5.82. The fourth-order valence-electron chi connectivity index (χ4n) is 3.69. The summed E-state index contributed by atoms with van der Waals surface area (Å²) in [6.07, 6.45) is 3.37. The number of carbonyl (C=O) groups is 2. The summed E-state index contributed by atoms with van der Waals surface area (Å²) in [5.74, 6) is -0.235. The minimum Gasteiger partial charge on any atom is -0.445 e. The second-order valence-corrected chi connectivity index (χ2v) is 6.29. The number of alkyl carbamates (subject to hydrolysis) is 1. The van der Waals surface area contributed by atoms with Crippen molar-refractivity contribution in [2.45, 2.75) is 44.2 Å². The predicted molar refractivity (Wildman–Crippen MR) is 77.2 cm³/mol. The molecule has 3 rings (SSSR count). The van der Waals surface area contributed by atoms with E-state index in [-0.39, 0.29) is 18.1 Å². The standard InChI is InChI=1S/C16H20N2O3/c17-13(19)15-6-8-16(11-15,9-7-15)18-14(20)21-10-12-4-2-1-3-5-12/h1-5H,6-11H2,(H2,17,19)(H,18,20). The Morgan fingerprint density at radius 1 is 1.14 bits per heavy atom. The van der Waals surface area contributed by atoms with Crippen LogP contribution in [0.3, 0.4) is 0 Å². The molecule has 112 valence electrons. The lowest BCUT2D eigenvalue weighted by atomic mass is 9.83. The largest absolute Gasteiger partial charge is 0.445 e. The first-order chi connectivity index (χ1) is 10.0. The van der Waals surface area contributed by atoms with E-state index >= 15 is 0 Å². The van der Waals surface area contributed by atoms with Crippen LogP contribution < -0.4 is 11.1 Å². The van der Waals surface area contributed by atoms with Crippen LogP contribution in [0.4, 0.5) is 4.79 Å². The molecule has 1 aromatic rings. The minimum absolute atomic E-state index is 0.235. The molecule has 0 unspecified atom stereocenters. The SMILES string of the molecule is NC(=O)C12CCC(NC(=O)OCc3ccccc3)(CC1)C2. The lowest BCUT2D eigenvalue weighted by Gasteiger charge is -2.27. The summed E-state index contributed by atoms with van der Waals surface area (Å²) in [4.78, 5) is 23.6. The van der Waals surface area contributed by atoms with E-state index in [4.69, 9.17) is 10.5 Å². The maximum atomic E-state index is 12.0. The Kier molecular flexibility index (Phi) is 3.35. The van der Waals surface area contributed by atoms with Crippen molar-refractivity contribution >= 4 is 12.0 Å². The number of rotatable bonds is 4. The average Bonchev–Trinajstić information content (AvgIpc) is 3.03. The van der Waals surface area contributed by atoms with Crippen LogP contribution in [0.25, 0.3) is 0 Å². The first kappa shape index (κ1) is 13.9. The van der Waals surface area contributed by atoms with Gasteiger partial charge in [-0.2, -0.15) is 0 Å². The maximum Gasteiger partial charge on any atom is 0.407 e. The molecule has 5 nitrogen and oxygen atoms in total. The van der Waals surface area contributed by atoms with Crippen LogP contribution in [-0.2, 0) is 16.1 Å². The molecule has 3 N–H and O–H groups in total. The molecule has 0 radical (unpaired) electrons. The number of hydrogen-bond acceptors (Lipinski definition) is 3. The van der Waals surface area contributed by atoms with Crippen molar-refractivity contribution < 1.29 is 14.3 Å². The third-order valence-electron chi connectivity index (χ3n) is 4.94. The van der Waals surface area contributed by atoms with Crippen LogP contribution in [0.5, 0.6) is 0 Å². The molecule has 0 atom stereocenters. The Morgan fingerprint density at radius 2 is 1.81 bits per heavy atom. The molecule has 2 amide bonds. The molecule has 5 heteroatoms. The predicted octanol–water partition coefficient (Wildman–Crippen LogP) is 2.10. The summed E-state index contributed by atoms with van der Waals surface area (Å²) in [5, 5.41) is 2.96. The number of ether oxygens (including phenoxy) is 1. The summed E-state index contributed by atoms with van der Waals surface area (Å²) in [7, 11) is 0. The number of carbonyl (C=O) groups excluding carboxylic acids is 2. The minimum atomic E-state index is -0.416. The number of fused-ring (bicyclic) bond motifs is 2. The zero-order valence-electron chi connectivity index (χ0n) is 11.9. The number of nitrogens with two attached hydrogens (primary N) is 1. The van der Waals surface area contributed by atoms with Crippen molar-refractivity contribution in [2.75, 3.05) is 0 Å². The fraction of sp³-hybridized carbons (Fsp3) is 0.500. The molecule has 0 spiro atoms. The van der Waals surface area contributed by atoms with Gasteiger partial charge in [-0.05, 0) is 37.7 Å². The monoisotopic (exact) mass is 288 g/mol. The van der Waals surface area contributed by atoms with Gasteiger partial charge in [0.15, 0.2) is 0 Å². The van der Waals surface area contributed by atoms with Gasteiger partial charge in [0.1, 0.15) is 6.61 Å². The summed E-state index contributed by atoms with van der Waals surface area (Å²) in [6.45, 7) is 0.254. The maximum absolute atomic E-state index is 12.0. The molecule has 2 saturated carbocycles. The Hall–Kier alpha value is -2.04. The van der Waals surface area contributed by atoms with Crippen LogP contribution in [0.15, 0.2) is 30.3 Å². The third-order valence-corrected chi connectivity index (χ3v) is 4.94. The first-order valence-corrected chi connectivity index (χ1v) is 7.33. The molecule has 2 bridgehead atoms. The normalized spacial score (nSPS) is 30.1. The summed E-state index contributed by atoms with van der Waals surface area (Å²) in [5.41, 5.74) is 5.75. The Morgan fingerprint density at radius 3 is 2.38 bits per heavy atom. The summed E-state index contributed by atoms with van der Waals surface area (Å²) < 4.78 is 5.26. The van der Waals surface area contributed by atoms with E-state index in [1.807, 2.05) is 30.3 Å². The van der Waals surface area contributed by atoms with E-state index in [2.05, 4.69) is 5.32 Å². The second-order valence-electron chi connectivity index (χ2n) is 6.29. The lowest BCUT2D eigenvalue weighted by molar-refractivity contribution is -0.127. The molecular weight excluding hydrogens is 268 g/mol. The van der Waals surface area contributed by atoms with Gasteiger partial charge in [-0.1, -0.05) is 30.3 Å². The zero-order chi connectivity index (χ0) is 14.9. The van der Waals surface area contributed by atoms with Crippen LogP contribution in [-0.4, -0.2) is 17.5 Å². The van der Waals surface area contributed by atoms with Crippen molar-refractivity contribution in [1.82, 2.24) is 5.32 Å². The second kappa shape index (κ2) is 5.06. The van der Waals surface area contributed by atoms with E-state index in [0.29, 0.717) is 6.42 Å². The van der Waals surface area contributed by atoms with Gasteiger partial charge in [0, 0.05) is 5.54 Å². The van der Waals surface area contributed by atoms with Crippen LogP contribution in [0.1, 0.15) is 37.7 Å². The van der Waals surface area contributed by atoms with Gasteiger partial charge in [-0.15, -0.1) is 0 Å². The molecule has 0 aromatic heterocycles. The number of hydrogen-bond donors (Lipinski definition) is 2. The molecule has 2 fully saturated rings. The number of primary amides is 1. The van der Waals surface area contributed by atoms with Crippen molar-refractivity contribution in [2.24, 2.45) is 11.1 Å². The average molecular weight is 288 g/mol. The van der Waals surface area contributed by atoms with E-state index in [1.54, 1.807) is 0 Å². The molecule has 0 saturated heterocycles. The Balaban J connectivity index is 1.55. The van der Waals surface area contributed by atoms with E-state index in [1.165, 1.54) is 0 Å². The number of amides is 2. The van der Waals surface area contributed by atoms with E-state index < -0.39 is 11.5 Å². The smallest absolute Gasteiger partial charge is 0.407 e. The summed E-state index contributed by atoms with van der Waals surface area (Å²) in [6, 6.07) is 9.56. The van der Waals surface area contributed by atoms with Crippen LogP contribution in [0, 0.1) is 5.41 Å². The Labute approximate surface area is 123 Å². The van der Waals surface area contributed by atoms with Gasteiger partial charge >= 0.3 is 6.09 Å². The van der Waals surface area contributed by atoms with E-state index in [0.717, 1.165) is 31.2 Å². The van der Waals surface area contributed by atoms with Crippen molar-refractivity contribution in [3.8, 4) is 0 Å². The van der Waals surface area contributed by atoms with Crippen molar-refractivity contribution in [3.05, 3.63) is 35.9 Å². The van der Waals surface area contributed by atoms with Gasteiger partial charge in [0.2, 0.25) is 5.91 Å². The number of nitrogens with one attached hydrogen (secondary N) is 1. The molecule has 1 aromatic carbocycles. The molecular formula is C16H20N2O3. The summed E-state index contributed by atoms with van der Waals surface area (Å²) >= 11 is 0. The topological polar surface area (TPSA) is 81.4 Å². The van der Waals surface area contributed by atoms with E-state index in [9.17, 15) is 9.59 Å². The number of benzene rings is 1.